The first-order chi connectivity index (χ1) is 18.0. The summed E-state index contributed by atoms with van der Waals surface area (Å²) in [6.45, 7) is 2.13. The van der Waals surface area contributed by atoms with Crippen LogP contribution in [-0.2, 0) is 19.1 Å². The van der Waals surface area contributed by atoms with E-state index in [0.717, 1.165) is 30.6 Å². The van der Waals surface area contributed by atoms with Gasteiger partial charge in [-0.15, -0.1) is 0 Å². The minimum Gasteiger partial charge on any atom is -0.497 e. The number of benzene rings is 2. The molecule has 0 spiro atoms. The van der Waals surface area contributed by atoms with Crippen LogP contribution in [0.3, 0.4) is 0 Å². The molecule has 0 saturated carbocycles. The number of hydrogen-bond donors (Lipinski definition) is 0. The molecule has 0 bridgehead atoms. The predicted octanol–water partition coefficient (Wildman–Crippen LogP) is 5.43. The number of rotatable bonds is 17. The molecule has 0 saturated heterocycles. The van der Waals surface area contributed by atoms with Gasteiger partial charge in [-0.1, -0.05) is 24.3 Å². The molecule has 0 aliphatic rings. The summed E-state index contributed by atoms with van der Waals surface area (Å²) in [5.74, 6) is 0.574. The summed E-state index contributed by atoms with van der Waals surface area (Å²) in [5.41, 5.74) is 1.53. The Balaban J connectivity index is 1.89. The first-order valence-corrected chi connectivity index (χ1v) is 12.4. The highest BCUT2D eigenvalue weighted by molar-refractivity contribution is 5.96. The largest absolute Gasteiger partial charge is 0.497 e. The second kappa shape index (κ2) is 16.8. The zero-order valence-electron chi connectivity index (χ0n) is 21.8. The lowest BCUT2D eigenvalue weighted by atomic mass is 10.0. The standard InChI is InChI=1S/C29H36O8/c1-4-35-29(32)21-37-27-20-23(25(30)11-9-12-28(31)34-3)15-18-26(27)36-19-8-6-5-7-10-22-13-16-24(33-2)17-14-22/h7,10,13-18,20H,4-6,8-9,11-12,19,21H2,1-3H3. The Labute approximate surface area is 218 Å². The number of ether oxygens (including phenoxy) is 5. The minimum absolute atomic E-state index is 0.139. The van der Waals surface area contributed by atoms with E-state index in [1.54, 1.807) is 32.2 Å². The Morgan fingerprint density at radius 2 is 1.62 bits per heavy atom. The van der Waals surface area contributed by atoms with Crippen molar-refractivity contribution in [2.45, 2.75) is 45.4 Å². The molecule has 0 amide bonds. The van der Waals surface area contributed by atoms with Crippen molar-refractivity contribution in [3.05, 3.63) is 59.7 Å². The van der Waals surface area contributed by atoms with Gasteiger partial charge < -0.3 is 23.7 Å². The lowest BCUT2D eigenvalue weighted by Gasteiger charge is -2.14. The molecule has 0 unspecified atom stereocenters. The molecule has 2 aromatic rings. The van der Waals surface area contributed by atoms with Crippen molar-refractivity contribution in [2.24, 2.45) is 0 Å². The van der Waals surface area contributed by atoms with Crippen LogP contribution in [0.2, 0.25) is 0 Å². The van der Waals surface area contributed by atoms with E-state index in [-0.39, 0.29) is 37.8 Å². The maximum absolute atomic E-state index is 12.6. The third-order valence-corrected chi connectivity index (χ3v) is 5.38. The fourth-order valence-corrected chi connectivity index (χ4v) is 3.37. The van der Waals surface area contributed by atoms with Gasteiger partial charge >= 0.3 is 11.9 Å². The van der Waals surface area contributed by atoms with Crippen molar-refractivity contribution >= 4 is 23.8 Å². The van der Waals surface area contributed by atoms with Crippen molar-refractivity contribution in [3.8, 4) is 17.2 Å². The van der Waals surface area contributed by atoms with Crippen molar-refractivity contribution in [1.29, 1.82) is 0 Å². The molecular weight excluding hydrogens is 476 g/mol. The number of carbonyl (C=O) groups is 3. The molecule has 37 heavy (non-hydrogen) atoms. The van der Waals surface area contributed by atoms with Gasteiger partial charge in [-0.2, -0.15) is 0 Å². The van der Waals surface area contributed by atoms with Crippen LogP contribution >= 0.6 is 0 Å². The summed E-state index contributed by atoms with van der Waals surface area (Å²) >= 11 is 0. The van der Waals surface area contributed by atoms with Crippen LogP contribution in [0.4, 0.5) is 0 Å². The highest BCUT2D eigenvalue weighted by Crippen LogP contribution is 2.29. The monoisotopic (exact) mass is 512 g/mol. The van der Waals surface area contributed by atoms with E-state index in [1.807, 2.05) is 24.3 Å². The van der Waals surface area contributed by atoms with Gasteiger partial charge in [0.1, 0.15) is 5.75 Å². The van der Waals surface area contributed by atoms with Crippen molar-refractivity contribution < 1.29 is 38.1 Å². The molecule has 0 atom stereocenters. The number of ketones is 1. The third kappa shape index (κ3) is 11.2. The van der Waals surface area contributed by atoms with Gasteiger partial charge in [-0.05, 0) is 68.5 Å². The number of unbranched alkanes of at least 4 members (excludes halogenated alkanes) is 2. The SMILES string of the molecule is CCOC(=O)COc1cc(C(=O)CCCC(=O)OC)ccc1OCCCCC=Cc1ccc(OC)cc1. The quantitative estimate of drug-likeness (QED) is 0.157. The molecule has 8 heteroatoms. The van der Waals surface area contributed by atoms with E-state index in [0.29, 0.717) is 30.1 Å². The molecule has 200 valence electrons. The average Bonchev–Trinajstić information content (AvgIpc) is 2.92. The molecule has 0 aromatic heterocycles. The Bertz CT molecular complexity index is 1030. The molecule has 8 nitrogen and oxygen atoms in total. The van der Waals surface area contributed by atoms with Crippen LogP contribution in [0.5, 0.6) is 17.2 Å². The summed E-state index contributed by atoms with van der Waals surface area (Å²) in [7, 11) is 2.96. The number of methoxy groups -OCH3 is 2. The molecule has 2 rings (SSSR count). The summed E-state index contributed by atoms with van der Waals surface area (Å²) < 4.78 is 26.2. The molecule has 2 aromatic carbocycles. The molecule has 0 N–H and O–H groups in total. The summed E-state index contributed by atoms with van der Waals surface area (Å²) in [4.78, 5) is 35.6. The number of carbonyl (C=O) groups excluding carboxylic acids is 3. The Morgan fingerprint density at radius 1 is 0.838 bits per heavy atom. The molecular formula is C29H36O8. The fourth-order valence-electron chi connectivity index (χ4n) is 3.37. The number of allylic oxidation sites excluding steroid dienone is 1. The molecule has 0 radical (unpaired) electrons. The number of hydrogen-bond acceptors (Lipinski definition) is 8. The smallest absolute Gasteiger partial charge is 0.344 e. The summed E-state index contributed by atoms with van der Waals surface area (Å²) in [5, 5.41) is 0. The second-order valence-corrected chi connectivity index (χ2v) is 8.13. The fraction of sp³-hybridized carbons (Fsp3) is 0.414. The summed E-state index contributed by atoms with van der Waals surface area (Å²) in [6, 6.07) is 12.7. The van der Waals surface area contributed by atoms with Crippen molar-refractivity contribution in [3.63, 3.8) is 0 Å². The Kier molecular flexibility index (Phi) is 13.3. The molecule has 0 heterocycles. The van der Waals surface area contributed by atoms with Gasteiger partial charge in [0.15, 0.2) is 23.9 Å². The first-order valence-electron chi connectivity index (χ1n) is 12.4. The zero-order chi connectivity index (χ0) is 26.9. The van der Waals surface area contributed by atoms with Crippen LogP contribution in [-0.4, -0.2) is 51.8 Å². The van der Waals surface area contributed by atoms with Gasteiger partial charge in [-0.25, -0.2) is 4.79 Å². The summed E-state index contributed by atoms with van der Waals surface area (Å²) in [6.07, 6.45) is 7.59. The second-order valence-electron chi connectivity index (χ2n) is 8.13. The van der Waals surface area contributed by atoms with Gasteiger partial charge in [0, 0.05) is 18.4 Å². The topological polar surface area (TPSA) is 97.4 Å². The van der Waals surface area contributed by atoms with E-state index in [9.17, 15) is 14.4 Å². The van der Waals surface area contributed by atoms with Gasteiger partial charge in [0.05, 0.1) is 27.4 Å². The maximum atomic E-state index is 12.6. The van der Waals surface area contributed by atoms with Gasteiger partial charge in [0.2, 0.25) is 0 Å². The van der Waals surface area contributed by atoms with E-state index in [4.69, 9.17) is 18.9 Å². The van der Waals surface area contributed by atoms with Crippen LogP contribution in [0.25, 0.3) is 6.08 Å². The third-order valence-electron chi connectivity index (χ3n) is 5.38. The predicted molar refractivity (Wildman–Crippen MR) is 140 cm³/mol. The zero-order valence-corrected chi connectivity index (χ0v) is 21.8. The number of Topliss-reactive ketones (excluding diaryl/α,β-unsaturated/α-hetero) is 1. The normalized spacial score (nSPS) is 10.7. The minimum atomic E-state index is -0.507. The van der Waals surface area contributed by atoms with Crippen LogP contribution in [0.1, 0.15) is 61.4 Å². The van der Waals surface area contributed by atoms with Crippen LogP contribution < -0.4 is 14.2 Å². The van der Waals surface area contributed by atoms with Crippen LogP contribution in [0, 0.1) is 0 Å². The maximum Gasteiger partial charge on any atom is 0.344 e. The number of esters is 2. The molecule has 0 aliphatic heterocycles. The molecule has 0 aliphatic carbocycles. The highest BCUT2D eigenvalue weighted by Gasteiger charge is 2.14. The van der Waals surface area contributed by atoms with Gasteiger partial charge in [0.25, 0.3) is 0 Å². The Morgan fingerprint density at radius 3 is 2.32 bits per heavy atom. The lowest BCUT2D eigenvalue weighted by molar-refractivity contribution is -0.145. The van der Waals surface area contributed by atoms with E-state index >= 15 is 0 Å². The average molecular weight is 513 g/mol. The van der Waals surface area contributed by atoms with E-state index < -0.39 is 5.97 Å². The molecule has 0 fully saturated rings. The van der Waals surface area contributed by atoms with Crippen molar-refractivity contribution in [2.75, 3.05) is 34.0 Å². The lowest BCUT2D eigenvalue weighted by Crippen LogP contribution is -2.15. The van der Waals surface area contributed by atoms with E-state index in [2.05, 4.69) is 16.9 Å². The van der Waals surface area contributed by atoms with E-state index in [1.165, 1.54) is 7.11 Å². The van der Waals surface area contributed by atoms with Crippen molar-refractivity contribution in [1.82, 2.24) is 0 Å². The highest BCUT2D eigenvalue weighted by atomic mass is 16.6. The Hall–Kier alpha value is -3.81. The van der Waals surface area contributed by atoms with Crippen LogP contribution in [0.15, 0.2) is 48.5 Å². The van der Waals surface area contributed by atoms with Gasteiger partial charge in [-0.3, -0.25) is 9.59 Å². The first kappa shape index (κ1) is 29.4.